The Morgan fingerprint density at radius 3 is 2.87 bits per heavy atom. The zero-order chi connectivity index (χ0) is 16.7. The number of nitrogens with two attached hydrogens (primary N) is 1. The summed E-state index contributed by atoms with van der Waals surface area (Å²) in [5.41, 5.74) is 5.00. The molecule has 0 aliphatic carbocycles. The number of rotatable bonds is 3. The highest BCUT2D eigenvalue weighted by Gasteiger charge is 2.25. The van der Waals surface area contributed by atoms with Gasteiger partial charge in [-0.1, -0.05) is 0 Å². The predicted molar refractivity (Wildman–Crippen MR) is 83.4 cm³/mol. The molecule has 3 rings (SSSR count). The first kappa shape index (κ1) is 15.4. The molecule has 0 saturated carbocycles. The van der Waals surface area contributed by atoms with Gasteiger partial charge in [0.25, 0.3) is 0 Å². The van der Waals surface area contributed by atoms with Gasteiger partial charge < -0.3 is 20.3 Å². The van der Waals surface area contributed by atoms with E-state index in [1.807, 2.05) is 0 Å². The van der Waals surface area contributed by atoms with Crippen LogP contribution in [0.15, 0.2) is 17.1 Å². The van der Waals surface area contributed by atoms with Crippen molar-refractivity contribution < 1.29 is 14.3 Å². The van der Waals surface area contributed by atoms with E-state index in [-0.39, 0.29) is 22.9 Å². The quantitative estimate of drug-likeness (QED) is 0.867. The van der Waals surface area contributed by atoms with Crippen molar-refractivity contribution >= 4 is 22.8 Å². The molecule has 1 aliphatic rings. The molecule has 23 heavy (non-hydrogen) atoms. The number of hydrogen-bond donors (Lipinski definition) is 2. The number of aryl methyl sites for hydroxylation is 1. The Labute approximate surface area is 131 Å². The van der Waals surface area contributed by atoms with Crippen LogP contribution in [-0.4, -0.2) is 39.8 Å². The fraction of sp³-hybridized carbons (Fsp3) is 0.400. The van der Waals surface area contributed by atoms with Gasteiger partial charge in [0.2, 0.25) is 5.43 Å². The monoisotopic (exact) mass is 320 g/mol. The zero-order valence-corrected chi connectivity index (χ0v) is 12.6. The van der Waals surface area contributed by atoms with Crippen LogP contribution < -0.4 is 16.1 Å². The van der Waals surface area contributed by atoms with Crippen LogP contribution in [-0.2, 0) is 6.54 Å². The van der Waals surface area contributed by atoms with Crippen molar-refractivity contribution in [1.82, 2.24) is 9.55 Å². The summed E-state index contributed by atoms with van der Waals surface area (Å²) in [5, 5.41) is 9.09. The lowest BCUT2D eigenvalue weighted by Gasteiger charge is -2.19. The summed E-state index contributed by atoms with van der Waals surface area (Å²) >= 11 is 0. The van der Waals surface area contributed by atoms with E-state index >= 15 is 0 Å². The Bertz CT molecular complexity index is 849. The average molecular weight is 320 g/mol. The summed E-state index contributed by atoms with van der Waals surface area (Å²) in [5.74, 6) is -1.84. The number of aromatic carboxylic acids is 1. The lowest BCUT2D eigenvalue weighted by molar-refractivity contribution is 0.0695. The maximum Gasteiger partial charge on any atom is 0.341 e. The number of carbonyl (C=O) groups is 1. The third-order valence-electron chi connectivity index (χ3n) is 4.08. The molecule has 1 fully saturated rings. The number of anilines is 1. The SMILES string of the molecule is CCn1cc(C(=O)O)c(=O)c2cc(F)c(N3CC[C@H](N)C3)nc21. The number of halogens is 1. The summed E-state index contributed by atoms with van der Waals surface area (Å²) in [6, 6.07) is 1.04. The van der Waals surface area contributed by atoms with Gasteiger partial charge in [-0.3, -0.25) is 4.79 Å². The van der Waals surface area contributed by atoms with E-state index in [2.05, 4.69) is 4.98 Å². The highest BCUT2D eigenvalue weighted by atomic mass is 19.1. The van der Waals surface area contributed by atoms with E-state index in [0.29, 0.717) is 19.6 Å². The van der Waals surface area contributed by atoms with E-state index in [9.17, 15) is 14.0 Å². The topological polar surface area (TPSA) is 101 Å². The van der Waals surface area contributed by atoms with Crippen LogP contribution in [0.3, 0.4) is 0 Å². The van der Waals surface area contributed by atoms with Crippen molar-refractivity contribution in [3.8, 4) is 0 Å². The molecule has 1 saturated heterocycles. The summed E-state index contributed by atoms with van der Waals surface area (Å²) in [6.45, 7) is 3.31. The molecular weight excluding hydrogens is 303 g/mol. The molecule has 0 amide bonds. The molecule has 0 radical (unpaired) electrons. The van der Waals surface area contributed by atoms with Crippen LogP contribution in [0.2, 0.25) is 0 Å². The van der Waals surface area contributed by atoms with Crippen molar-refractivity contribution in [3.63, 3.8) is 0 Å². The minimum atomic E-state index is -1.34. The van der Waals surface area contributed by atoms with Crippen LogP contribution in [0.1, 0.15) is 23.7 Å². The maximum absolute atomic E-state index is 14.4. The van der Waals surface area contributed by atoms with Crippen molar-refractivity contribution in [3.05, 3.63) is 33.9 Å². The number of nitrogens with zero attached hydrogens (tertiary/aromatic N) is 3. The van der Waals surface area contributed by atoms with Crippen LogP contribution in [0, 0.1) is 5.82 Å². The smallest absolute Gasteiger partial charge is 0.341 e. The van der Waals surface area contributed by atoms with E-state index in [1.54, 1.807) is 16.4 Å². The summed E-state index contributed by atoms with van der Waals surface area (Å²) < 4.78 is 15.9. The van der Waals surface area contributed by atoms with Crippen molar-refractivity contribution in [1.29, 1.82) is 0 Å². The third kappa shape index (κ3) is 2.55. The van der Waals surface area contributed by atoms with Crippen LogP contribution in [0.25, 0.3) is 11.0 Å². The molecule has 0 spiro atoms. The number of aromatic nitrogens is 2. The molecule has 7 nitrogen and oxygen atoms in total. The van der Waals surface area contributed by atoms with Crippen LogP contribution in [0.4, 0.5) is 10.2 Å². The summed E-state index contributed by atoms with van der Waals surface area (Å²) in [4.78, 5) is 29.5. The van der Waals surface area contributed by atoms with Crippen molar-refractivity contribution in [2.75, 3.05) is 18.0 Å². The average Bonchev–Trinajstić information content (AvgIpc) is 2.93. The number of fused-ring (bicyclic) bond motifs is 1. The fourth-order valence-corrected chi connectivity index (χ4v) is 2.87. The van der Waals surface area contributed by atoms with E-state index < -0.39 is 22.8 Å². The lowest BCUT2D eigenvalue weighted by Crippen LogP contribution is -2.28. The summed E-state index contributed by atoms with van der Waals surface area (Å²) in [6.07, 6.45) is 2.00. The number of pyridine rings is 2. The molecular formula is C15H17FN4O3. The fourth-order valence-electron chi connectivity index (χ4n) is 2.87. The molecule has 2 aromatic rings. The van der Waals surface area contributed by atoms with Gasteiger partial charge in [-0.2, -0.15) is 0 Å². The second kappa shape index (κ2) is 5.62. The zero-order valence-electron chi connectivity index (χ0n) is 12.6. The van der Waals surface area contributed by atoms with Gasteiger partial charge >= 0.3 is 5.97 Å². The molecule has 2 aromatic heterocycles. The van der Waals surface area contributed by atoms with Gasteiger partial charge in [0.15, 0.2) is 11.6 Å². The minimum absolute atomic E-state index is 0.0310. The lowest BCUT2D eigenvalue weighted by atomic mass is 10.2. The van der Waals surface area contributed by atoms with Gasteiger partial charge in [-0.25, -0.2) is 14.2 Å². The standard InChI is InChI=1S/C15H17FN4O3/c1-2-19-7-10(15(22)23)12(21)9-5-11(16)14(18-13(9)19)20-4-3-8(17)6-20/h5,7-8H,2-4,6,17H2,1H3,(H,22,23)/t8-/m0/s1. The van der Waals surface area contributed by atoms with Gasteiger partial charge in [-0.05, 0) is 19.4 Å². The molecule has 3 N–H and O–H groups in total. The first-order chi connectivity index (χ1) is 10.9. The van der Waals surface area contributed by atoms with E-state index in [4.69, 9.17) is 10.8 Å². The largest absolute Gasteiger partial charge is 0.477 e. The van der Waals surface area contributed by atoms with Crippen LogP contribution in [0.5, 0.6) is 0 Å². The van der Waals surface area contributed by atoms with Gasteiger partial charge in [0.05, 0.1) is 5.39 Å². The number of carboxylic acid groups (broad SMARTS) is 1. The van der Waals surface area contributed by atoms with Gasteiger partial charge in [0.1, 0.15) is 11.2 Å². The van der Waals surface area contributed by atoms with E-state index in [1.165, 1.54) is 6.20 Å². The molecule has 122 valence electrons. The first-order valence-corrected chi connectivity index (χ1v) is 7.40. The Kier molecular flexibility index (Phi) is 3.77. The Hall–Kier alpha value is -2.48. The summed E-state index contributed by atoms with van der Waals surface area (Å²) in [7, 11) is 0. The van der Waals surface area contributed by atoms with Gasteiger partial charge in [0, 0.05) is 31.9 Å². The highest BCUT2D eigenvalue weighted by Crippen LogP contribution is 2.24. The number of hydrogen-bond acceptors (Lipinski definition) is 5. The van der Waals surface area contributed by atoms with Gasteiger partial charge in [-0.15, -0.1) is 0 Å². The maximum atomic E-state index is 14.4. The minimum Gasteiger partial charge on any atom is -0.477 e. The van der Waals surface area contributed by atoms with Crippen molar-refractivity contribution in [2.45, 2.75) is 25.9 Å². The third-order valence-corrected chi connectivity index (χ3v) is 4.08. The predicted octanol–water partition coefficient (Wildman–Crippen LogP) is 0.791. The first-order valence-electron chi connectivity index (χ1n) is 7.40. The number of carboxylic acids is 1. The molecule has 8 heteroatoms. The molecule has 1 atom stereocenters. The Balaban J connectivity index is 2.25. The molecule has 0 unspecified atom stereocenters. The normalized spacial score (nSPS) is 17.9. The van der Waals surface area contributed by atoms with Crippen LogP contribution >= 0.6 is 0 Å². The highest BCUT2D eigenvalue weighted by molar-refractivity contribution is 5.92. The molecule has 0 aromatic carbocycles. The second-order valence-electron chi connectivity index (χ2n) is 5.62. The molecule has 1 aliphatic heterocycles. The van der Waals surface area contributed by atoms with E-state index in [0.717, 1.165) is 12.5 Å². The molecule has 3 heterocycles. The van der Waals surface area contributed by atoms with Crippen molar-refractivity contribution in [2.24, 2.45) is 5.73 Å². The Morgan fingerprint density at radius 1 is 1.57 bits per heavy atom. The molecule has 0 bridgehead atoms. The Morgan fingerprint density at radius 2 is 2.30 bits per heavy atom. The second-order valence-corrected chi connectivity index (χ2v) is 5.62.